The van der Waals surface area contributed by atoms with Crippen LogP contribution in [0.25, 0.3) is 10.8 Å². The summed E-state index contributed by atoms with van der Waals surface area (Å²) in [6, 6.07) is 20.4. The second-order valence-corrected chi connectivity index (χ2v) is 7.34. The van der Waals surface area contributed by atoms with Crippen LogP contribution >= 0.6 is 11.8 Å². The Morgan fingerprint density at radius 1 is 1.07 bits per heavy atom. The molecule has 0 fully saturated rings. The summed E-state index contributed by atoms with van der Waals surface area (Å²) < 4.78 is 12.6. The van der Waals surface area contributed by atoms with Gasteiger partial charge in [0, 0.05) is 6.21 Å². The fourth-order valence-electron chi connectivity index (χ4n) is 3.32. The average Bonchev–Trinajstić information content (AvgIpc) is 3.38. The van der Waals surface area contributed by atoms with Gasteiger partial charge in [0.2, 0.25) is 17.9 Å². The SMILES string of the molecule is CSc1nc(/N=C\c2ccc3c(c2)OCO3)n(Cc2cccc3ccccc23)n1. The summed E-state index contributed by atoms with van der Waals surface area (Å²) in [5.74, 6) is 2.06. The molecule has 1 aliphatic heterocycles. The molecule has 1 aromatic heterocycles. The Kier molecular flexibility index (Phi) is 4.65. The lowest BCUT2D eigenvalue weighted by Crippen LogP contribution is -2.02. The molecule has 7 heteroatoms. The first-order chi connectivity index (χ1) is 14.3. The van der Waals surface area contributed by atoms with Gasteiger partial charge in [-0.05, 0) is 46.4 Å². The summed E-state index contributed by atoms with van der Waals surface area (Å²) in [6.07, 6.45) is 3.73. The molecule has 29 heavy (non-hydrogen) atoms. The van der Waals surface area contributed by atoms with Crippen molar-refractivity contribution in [2.24, 2.45) is 4.99 Å². The van der Waals surface area contributed by atoms with Crippen LogP contribution in [-0.4, -0.2) is 34.0 Å². The van der Waals surface area contributed by atoms with Crippen molar-refractivity contribution >= 4 is 34.7 Å². The van der Waals surface area contributed by atoms with Gasteiger partial charge in [0.25, 0.3) is 0 Å². The molecule has 0 aliphatic carbocycles. The lowest BCUT2D eigenvalue weighted by Gasteiger charge is -2.07. The van der Waals surface area contributed by atoms with E-state index in [2.05, 4.69) is 57.5 Å². The summed E-state index contributed by atoms with van der Waals surface area (Å²) >= 11 is 1.50. The summed E-state index contributed by atoms with van der Waals surface area (Å²) in [6.45, 7) is 0.856. The highest BCUT2D eigenvalue weighted by Gasteiger charge is 2.13. The fourth-order valence-corrected chi connectivity index (χ4v) is 3.67. The zero-order valence-corrected chi connectivity index (χ0v) is 16.6. The monoisotopic (exact) mass is 402 g/mol. The van der Waals surface area contributed by atoms with E-state index in [9.17, 15) is 0 Å². The fraction of sp³-hybridized carbons (Fsp3) is 0.136. The Hall–Kier alpha value is -3.32. The molecule has 1 aliphatic rings. The van der Waals surface area contributed by atoms with Crippen LogP contribution in [0.2, 0.25) is 0 Å². The van der Waals surface area contributed by atoms with Gasteiger partial charge in [-0.1, -0.05) is 54.2 Å². The molecule has 6 nitrogen and oxygen atoms in total. The molecule has 3 aromatic carbocycles. The Morgan fingerprint density at radius 3 is 2.86 bits per heavy atom. The van der Waals surface area contributed by atoms with Crippen LogP contribution in [0.1, 0.15) is 11.1 Å². The third-order valence-electron chi connectivity index (χ3n) is 4.74. The first-order valence-electron chi connectivity index (χ1n) is 9.19. The van der Waals surface area contributed by atoms with Crippen LogP contribution in [-0.2, 0) is 6.54 Å². The molecule has 5 rings (SSSR count). The van der Waals surface area contributed by atoms with Crippen LogP contribution < -0.4 is 9.47 Å². The molecule has 2 heterocycles. The molecule has 144 valence electrons. The van der Waals surface area contributed by atoms with Crippen molar-refractivity contribution in [3.8, 4) is 11.5 Å². The highest BCUT2D eigenvalue weighted by Crippen LogP contribution is 2.32. The molecule has 0 amide bonds. The predicted molar refractivity (Wildman–Crippen MR) is 115 cm³/mol. The lowest BCUT2D eigenvalue weighted by molar-refractivity contribution is 0.174. The Labute approximate surface area is 172 Å². The predicted octanol–water partition coefficient (Wildman–Crippen LogP) is 4.68. The maximum absolute atomic E-state index is 5.44. The van der Waals surface area contributed by atoms with E-state index in [1.807, 2.05) is 29.1 Å². The summed E-state index contributed by atoms with van der Waals surface area (Å²) in [5.41, 5.74) is 2.10. The zero-order chi connectivity index (χ0) is 19.6. The van der Waals surface area contributed by atoms with Gasteiger partial charge in [-0.3, -0.25) is 0 Å². The Bertz CT molecular complexity index is 1210. The number of nitrogens with zero attached hydrogens (tertiary/aromatic N) is 4. The second kappa shape index (κ2) is 7.60. The third kappa shape index (κ3) is 3.56. The number of hydrogen-bond donors (Lipinski definition) is 0. The van der Waals surface area contributed by atoms with Crippen LogP contribution in [0.4, 0.5) is 5.95 Å². The molecular formula is C22H18N4O2S. The van der Waals surface area contributed by atoms with Gasteiger partial charge in [-0.15, -0.1) is 5.10 Å². The minimum atomic E-state index is 0.256. The first-order valence-corrected chi connectivity index (χ1v) is 10.4. The van der Waals surface area contributed by atoms with Crippen LogP contribution in [0.15, 0.2) is 70.8 Å². The molecule has 4 aromatic rings. The highest BCUT2D eigenvalue weighted by molar-refractivity contribution is 7.98. The number of aliphatic imine (C=N–C) groups is 1. The van der Waals surface area contributed by atoms with E-state index in [0.717, 1.165) is 17.1 Å². The van der Waals surface area contributed by atoms with E-state index in [4.69, 9.17) is 9.47 Å². The molecule has 0 N–H and O–H groups in total. The van der Waals surface area contributed by atoms with E-state index < -0.39 is 0 Å². The smallest absolute Gasteiger partial charge is 0.249 e. The van der Waals surface area contributed by atoms with Gasteiger partial charge in [0.15, 0.2) is 11.5 Å². The van der Waals surface area contributed by atoms with E-state index in [-0.39, 0.29) is 6.79 Å². The van der Waals surface area contributed by atoms with Crippen LogP contribution in [0.5, 0.6) is 11.5 Å². The van der Waals surface area contributed by atoms with Gasteiger partial charge in [0.1, 0.15) is 0 Å². The summed E-state index contributed by atoms with van der Waals surface area (Å²) in [7, 11) is 0. The largest absolute Gasteiger partial charge is 0.454 e. The average molecular weight is 402 g/mol. The van der Waals surface area contributed by atoms with Crippen LogP contribution in [0, 0.1) is 0 Å². The van der Waals surface area contributed by atoms with Crippen molar-refractivity contribution in [2.45, 2.75) is 11.7 Å². The van der Waals surface area contributed by atoms with Crippen LogP contribution in [0.3, 0.4) is 0 Å². The number of hydrogen-bond acceptors (Lipinski definition) is 6. The van der Waals surface area contributed by atoms with E-state index in [0.29, 0.717) is 17.6 Å². The number of thioether (sulfide) groups is 1. The van der Waals surface area contributed by atoms with E-state index in [1.165, 1.54) is 28.1 Å². The van der Waals surface area contributed by atoms with Crippen molar-refractivity contribution in [3.05, 3.63) is 71.8 Å². The second-order valence-electron chi connectivity index (χ2n) is 6.57. The quantitative estimate of drug-likeness (QED) is 0.358. The number of ether oxygens (including phenoxy) is 2. The maximum atomic E-state index is 5.44. The normalized spacial score (nSPS) is 12.9. The number of fused-ring (bicyclic) bond motifs is 2. The van der Waals surface area contributed by atoms with Gasteiger partial charge in [-0.25, -0.2) is 9.67 Å². The minimum absolute atomic E-state index is 0.256. The van der Waals surface area contributed by atoms with Crippen molar-refractivity contribution in [1.29, 1.82) is 0 Å². The van der Waals surface area contributed by atoms with Crippen molar-refractivity contribution in [3.63, 3.8) is 0 Å². The summed E-state index contributed by atoms with van der Waals surface area (Å²) in [5, 5.41) is 7.73. The number of rotatable bonds is 5. The molecule has 0 saturated heterocycles. The standard InChI is InChI=1S/C22H18N4O2S/c1-29-22-24-21(23-12-15-9-10-19-20(11-15)28-14-27-19)26(25-22)13-17-7-4-6-16-5-2-3-8-18(16)17/h2-12H,13-14H2,1H3/b23-12-. The lowest BCUT2D eigenvalue weighted by atomic mass is 10.0. The minimum Gasteiger partial charge on any atom is -0.454 e. The Balaban J connectivity index is 1.47. The number of aromatic nitrogens is 3. The molecule has 0 radical (unpaired) electrons. The van der Waals surface area contributed by atoms with Gasteiger partial charge in [0.05, 0.1) is 6.54 Å². The number of benzene rings is 3. The molecule has 0 atom stereocenters. The molecule has 0 saturated carbocycles. The van der Waals surface area contributed by atoms with Crippen molar-refractivity contribution in [2.75, 3.05) is 13.0 Å². The van der Waals surface area contributed by atoms with Crippen molar-refractivity contribution < 1.29 is 9.47 Å². The maximum Gasteiger partial charge on any atom is 0.249 e. The van der Waals surface area contributed by atoms with E-state index >= 15 is 0 Å². The Morgan fingerprint density at radius 2 is 1.93 bits per heavy atom. The molecule has 0 unspecified atom stereocenters. The topological polar surface area (TPSA) is 61.5 Å². The third-order valence-corrected chi connectivity index (χ3v) is 5.28. The molecular weight excluding hydrogens is 384 g/mol. The van der Waals surface area contributed by atoms with Gasteiger partial charge >= 0.3 is 0 Å². The zero-order valence-electron chi connectivity index (χ0n) is 15.8. The molecule has 0 spiro atoms. The van der Waals surface area contributed by atoms with Crippen molar-refractivity contribution in [1.82, 2.24) is 14.8 Å². The first kappa shape index (κ1) is 17.8. The van der Waals surface area contributed by atoms with Gasteiger partial charge in [-0.2, -0.15) is 4.98 Å². The summed E-state index contributed by atoms with van der Waals surface area (Å²) in [4.78, 5) is 9.15. The van der Waals surface area contributed by atoms with E-state index in [1.54, 1.807) is 6.21 Å². The van der Waals surface area contributed by atoms with Gasteiger partial charge < -0.3 is 9.47 Å². The molecule has 0 bridgehead atoms. The highest BCUT2D eigenvalue weighted by atomic mass is 32.2.